The van der Waals surface area contributed by atoms with E-state index in [2.05, 4.69) is 10.6 Å². The minimum absolute atomic E-state index is 0.0228. The van der Waals surface area contributed by atoms with Gasteiger partial charge in [0.1, 0.15) is 5.75 Å². The lowest BCUT2D eigenvalue weighted by Crippen LogP contribution is -2.39. The zero-order chi connectivity index (χ0) is 15.3. The largest absolute Gasteiger partial charge is 0.508 e. The van der Waals surface area contributed by atoms with Crippen LogP contribution < -0.4 is 10.6 Å². The molecule has 6 nitrogen and oxygen atoms in total. The number of urea groups is 1. The van der Waals surface area contributed by atoms with Gasteiger partial charge in [-0.05, 0) is 31.0 Å². The predicted molar refractivity (Wildman–Crippen MR) is 76.1 cm³/mol. The average molecular weight is 280 g/mol. The highest BCUT2D eigenvalue weighted by atomic mass is 16.4. The quantitative estimate of drug-likeness (QED) is 0.623. The van der Waals surface area contributed by atoms with Gasteiger partial charge in [0.25, 0.3) is 0 Å². The maximum atomic E-state index is 11.8. The van der Waals surface area contributed by atoms with Crippen molar-refractivity contribution >= 4 is 17.7 Å². The van der Waals surface area contributed by atoms with Crippen LogP contribution in [-0.4, -0.2) is 28.3 Å². The number of aromatic carboxylic acids is 1. The van der Waals surface area contributed by atoms with Crippen molar-refractivity contribution in [2.24, 2.45) is 5.92 Å². The van der Waals surface area contributed by atoms with Crippen LogP contribution in [-0.2, 0) is 0 Å². The molecule has 2 amide bonds. The first-order chi connectivity index (χ1) is 9.35. The van der Waals surface area contributed by atoms with Gasteiger partial charge in [-0.25, -0.2) is 9.59 Å². The molecular weight excluding hydrogens is 260 g/mol. The number of phenols is 1. The van der Waals surface area contributed by atoms with Crippen LogP contribution in [0.5, 0.6) is 5.75 Å². The Bertz CT molecular complexity index is 502. The third kappa shape index (κ3) is 4.15. The lowest BCUT2D eigenvalue weighted by atomic mass is 10.0. The number of anilines is 1. The second-order valence-electron chi connectivity index (χ2n) is 4.81. The molecule has 6 heteroatoms. The van der Waals surface area contributed by atoms with Gasteiger partial charge in [0.05, 0.1) is 11.3 Å². The molecule has 0 bridgehead atoms. The Labute approximate surface area is 117 Å². The monoisotopic (exact) mass is 280 g/mol. The Morgan fingerprint density at radius 3 is 2.50 bits per heavy atom. The Kier molecular flexibility index (Phi) is 5.37. The third-order valence-corrected chi connectivity index (χ3v) is 3.34. The summed E-state index contributed by atoms with van der Waals surface area (Å²) in [5.41, 5.74) is -0.0134. The maximum Gasteiger partial charge on any atom is 0.337 e. The standard InChI is InChI=1S/C14H20N2O4/c1-4-8(2)9(3)15-14(20)16-12-6-5-10(17)7-11(12)13(18)19/h5-9,17H,4H2,1-3H3,(H,18,19)(H2,15,16,20). The smallest absolute Gasteiger partial charge is 0.337 e. The number of carboxylic acid groups (broad SMARTS) is 1. The van der Waals surface area contributed by atoms with Crippen molar-refractivity contribution in [1.82, 2.24) is 5.32 Å². The molecule has 1 aromatic carbocycles. The van der Waals surface area contributed by atoms with E-state index in [0.29, 0.717) is 5.92 Å². The van der Waals surface area contributed by atoms with E-state index < -0.39 is 12.0 Å². The molecule has 0 radical (unpaired) electrons. The third-order valence-electron chi connectivity index (χ3n) is 3.34. The number of nitrogens with one attached hydrogen (secondary N) is 2. The fourth-order valence-corrected chi connectivity index (χ4v) is 1.68. The van der Waals surface area contributed by atoms with E-state index >= 15 is 0 Å². The Balaban J connectivity index is 2.78. The van der Waals surface area contributed by atoms with Crippen molar-refractivity contribution in [2.45, 2.75) is 33.2 Å². The fraction of sp³-hybridized carbons (Fsp3) is 0.429. The molecule has 2 atom stereocenters. The predicted octanol–water partition coefficient (Wildman–Crippen LogP) is 2.65. The molecular formula is C14H20N2O4. The number of aromatic hydroxyl groups is 1. The zero-order valence-electron chi connectivity index (χ0n) is 11.8. The number of carbonyl (C=O) groups excluding carboxylic acids is 1. The van der Waals surface area contributed by atoms with Crippen LogP contribution >= 0.6 is 0 Å². The summed E-state index contributed by atoms with van der Waals surface area (Å²) in [5.74, 6) is -1.06. The van der Waals surface area contributed by atoms with Gasteiger partial charge >= 0.3 is 12.0 Å². The van der Waals surface area contributed by atoms with Crippen molar-refractivity contribution in [3.05, 3.63) is 23.8 Å². The van der Waals surface area contributed by atoms with Gasteiger partial charge < -0.3 is 20.8 Å². The zero-order valence-corrected chi connectivity index (χ0v) is 11.8. The van der Waals surface area contributed by atoms with Crippen molar-refractivity contribution in [3.8, 4) is 5.75 Å². The minimum atomic E-state index is -1.22. The first kappa shape index (κ1) is 15.8. The Morgan fingerprint density at radius 2 is 1.95 bits per heavy atom. The molecule has 1 rings (SSSR count). The molecule has 20 heavy (non-hydrogen) atoms. The number of amides is 2. The van der Waals surface area contributed by atoms with Gasteiger partial charge in [-0.15, -0.1) is 0 Å². The highest BCUT2D eigenvalue weighted by molar-refractivity contribution is 6.00. The van der Waals surface area contributed by atoms with Crippen LogP contribution in [0.25, 0.3) is 0 Å². The summed E-state index contributed by atoms with van der Waals surface area (Å²) in [6.07, 6.45) is 0.932. The molecule has 0 aliphatic carbocycles. The van der Waals surface area contributed by atoms with Crippen molar-refractivity contribution in [3.63, 3.8) is 0 Å². The van der Waals surface area contributed by atoms with Crippen LogP contribution in [0.3, 0.4) is 0 Å². The van der Waals surface area contributed by atoms with Crippen LogP contribution in [0.2, 0.25) is 0 Å². The molecule has 0 aliphatic heterocycles. The molecule has 110 valence electrons. The van der Waals surface area contributed by atoms with E-state index in [0.717, 1.165) is 12.5 Å². The molecule has 1 aromatic rings. The summed E-state index contributed by atoms with van der Waals surface area (Å²) in [6.45, 7) is 5.94. The number of rotatable bonds is 5. The van der Waals surface area contributed by atoms with Gasteiger partial charge in [-0.1, -0.05) is 20.3 Å². The summed E-state index contributed by atoms with van der Waals surface area (Å²) in [5, 5.41) is 23.5. The van der Waals surface area contributed by atoms with Gasteiger partial charge in [-0.3, -0.25) is 0 Å². The first-order valence-corrected chi connectivity index (χ1v) is 6.49. The molecule has 0 saturated heterocycles. The van der Waals surface area contributed by atoms with Crippen LogP contribution in [0, 0.1) is 5.92 Å². The number of carbonyl (C=O) groups is 2. The van der Waals surface area contributed by atoms with E-state index in [-0.39, 0.29) is 23.0 Å². The number of phenolic OH excluding ortho intramolecular Hbond substituents is 1. The van der Waals surface area contributed by atoms with Crippen molar-refractivity contribution in [2.75, 3.05) is 5.32 Å². The number of hydrogen-bond donors (Lipinski definition) is 4. The second-order valence-corrected chi connectivity index (χ2v) is 4.81. The van der Waals surface area contributed by atoms with Crippen molar-refractivity contribution < 1.29 is 19.8 Å². The number of hydrogen-bond acceptors (Lipinski definition) is 3. The lowest BCUT2D eigenvalue weighted by Gasteiger charge is -2.20. The van der Waals surface area contributed by atoms with Crippen LogP contribution in [0.15, 0.2) is 18.2 Å². The van der Waals surface area contributed by atoms with Gasteiger partial charge in [0.2, 0.25) is 0 Å². The van der Waals surface area contributed by atoms with Crippen molar-refractivity contribution in [1.29, 1.82) is 0 Å². The number of benzene rings is 1. The summed E-state index contributed by atoms with van der Waals surface area (Å²) >= 11 is 0. The Morgan fingerprint density at radius 1 is 1.30 bits per heavy atom. The normalized spacial score (nSPS) is 13.3. The highest BCUT2D eigenvalue weighted by Gasteiger charge is 2.16. The molecule has 0 saturated carbocycles. The van der Waals surface area contributed by atoms with E-state index in [1.807, 2.05) is 20.8 Å². The minimum Gasteiger partial charge on any atom is -0.508 e. The second kappa shape index (κ2) is 6.79. The van der Waals surface area contributed by atoms with Gasteiger partial charge in [0, 0.05) is 6.04 Å². The topological polar surface area (TPSA) is 98.7 Å². The molecule has 0 heterocycles. The van der Waals surface area contributed by atoms with E-state index in [4.69, 9.17) is 5.11 Å². The summed E-state index contributed by atoms with van der Waals surface area (Å²) < 4.78 is 0. The summed E-state index contributed by atoms with van der Waals surface area (Å²) in [7, 11) is 0. The fourth-order valence-electron chi connectivity index (χ4n) is 1.68. The lowest BCUT2D eigenvalue weighted by molar-refractivity contribution is 0.0697. The first-order valence-electron chi connectivity index (χ1n) is 6.49. The molecule has 0 spiro atoms. The van der Waals surface area contributed by atoms with E-state index in [1.165, 1.54) is 12.1 Å². The van der Waals surface area contributed by atoms with Gasteiger partial charge in [-0.2, -0.15) is 0 Å². The molecule has 2 unspecified atom stereocenters. The van der Waals surface area contributed by atoms with Gasteiger partial charge in [0.15, 0.2) is 0 Å². The molecule has 4 N–H and O–H groups in total. The maximum absolute atomic E-state index is 11.8. The molecule has 0 aromatic heterocycles. The van der Waals surface area contributed by atoms with Crippen LogP contribution in [0.1, 0.15) is 37.6 Å². The van der Waals surface area contributed by atoms with E-state index in [1.54, 1.807) is 0 Å². The molecule has 0 fully saturated rings. The highest BCUT2D eigenvalue weighted by Crippen LogP contribution is 2.21. The average Bonchev–Trinajstić information content (AvgIpc) is 2.39. The number of carboxylic acids is 1. The van der Waals surface area contributed by atoms with E-state index in [9.17, 15) is 14.7 Å². The summed E-state index contributed by atoms with van der Waals surface area (Å²) in [6, 6.07) is 3.28. The SMILES string of the molecule is CCC(C)C(C)NC(=O)Nc1ccc(O)cc1C(=O)O. The van der Waals surface area contributed by atoms with Crippen LogP contribution in [0.4, 0.5) is 10.5 Å². The Hall–Kier alpha value is -2.24. The summed E-state index contributed by atoms with van der Waals surface area (Å²) in [4.78, 5) is 22.9. The molecule has 0 aliphatic rings.